The van der Waals surface area contributed by atoms with Crippen molar-refractivity contribution in [3.05, 3.63) is 27.8 Å². The molecule has 0 bridgehead atoms. The molecule has 1 aromatic rings. The Bertz CT molecular complexity index is 554. The molecule has 0 amide bonds. The molecular formula is C20H32O. The number of hydrogen-bond acceptors (Lipinski definition) is 1. The molecule has 1 heterocycles. The molecule has 0 saturated carbocycles. The minimum atomic E-state index is -0.0224. The van der Waals surface area contributed by atoms with Gasteiger partial charge in [0.05, 0.1) is 0 Å². The van der Waals surface area contributed by atoms with Crippen molar-refractivity contribution in [1.82, 2.24) is 0 Å². The Hall–Kier alpha value is -0.980. The fraction of sp³-hybridized carbons (Fsp3) is 0.700. The van der Waals surface area contributed by atoms with Crippen molar-refractivity contribution in [2.75, 3.05) is 0 Å². The topological polar surface area (TPSA) is 9.23 Å². The summed E-state index contributed by atoms with van der Waals surface area (Å²) in [5.41, 5.74) is 7.37. The van der Waals surface area contributed by atoms with Crippen molar-refractivity contribution in [1.29, 1.82) is 0 Å². The molecule has 0 saturated heterocycles. The molecule has 1 heteroatoms. The molecular weight excluding hydrogens is 256 g/mol. The molecule has 0 fully saturated rings. The fourth-order valence-corrected chi connectivity index (χ4v) is 3.74. The Labute approximate surface area is 131 Å². The van der Waals surface area contributed by atoms with Gasteiger partial charge in [0, 0.05) is 0 Å². The molecule has 0 spiro atoms. The maximum Gasteiger partial charge on any atom is 0.126 e. The smallest absolute Gasteiger partial charge is 0.126 e. The number of rotatable bonds is 3. The number of ether oxygens (including phenoxy) is 1. The van der Waals surface area contributed by atoms with Gasteiger partial charge in [-0.2, -0.15) is 0 Å². The molecule has 0 radical (unpaired) electrons. The molecule has 1 aliphatic heterocycles. The van der Waals surface area contributed by atoms with Gasteiger partial charge < -0.3 is 4.74 Å². The van der Waals surface area contributed by atoms with Crippen LogP contribution in [0.3, 0.4) is 0 Å². The van der Waals surface area contributed by atoms with Gasteiger partial charge in [-0.25, -0.2) is 0 Å². The van der Waals surface area contributed by atoms with Crippen molar-refractivity contribution in [2.45, 2.75) is 86.7 Å². The average Bonchev–Trinajstić information content (AvgIpc) is 2.42. The van der Waals surface area contributed by atoms with Crippen LogP contribution in [-0.2, 0) is 6.42 Å². The Morgan fingerprint density at radius 2 is 1.57 bits per heavy atom. The van der Waals surface area contributed by atoms with Gasteiger partial charge in [-0.15, -0.1) is 0 Å². The minimum absolute atomic E-state index is 0.0224. The van der Waals surface area contributed by atoms with Crippen molar-refractivity contribution in [3.8, 4) is 5.75 Å². The zero-order valence-corrected chi connectivity index (χ0v) is 15.2. The van der Waals surface area contributed by atoms with E-state index >= 15 is 0 Å². The first kappa shape index (κ1) is 16.4. The van der Waals surface area contributed by atoms with Crippen molar-refractivity contribution in [2.24, 2.45) is 5.41 Å². The summed E-state index contributed by atoms with van der Waals surface area (Å²) in [5, 5.41) is 0. The van der Waals surface area contributed by atoms with Crippen molar-refractivity contribution >= 4 is 0 Å². The first-order valence-corrected chi connectivity index (χ1v) is 8.38. The lowest BCUT2D eigenvalue weighted by Gasteiger charge is -2.42. The fourth-order valence-electron chi connectivity index (χ4n) is 3.74. The normalized spacial score (nSPS) is 21.9. The molecule has 118 valence electrons. The van der Waals surface area contributed by atoms with E-state index in [4.69, 9.17) is 4.74 Å². The van der Waals surface area contributed by atoms with Crippen LogP contribution in [0.4, 0.5) is 0 Å². The van der Waals surface area contributed by atoms with Gasteiger partial charge in [0.2, 0.25) is 0 Å². The third-order valence-corrected chi connectivity index (χ3v) is 5.82. The molecule has 0 aliphatic carbocycles. The van der Waals surface area contributed by atoms with Crippen LogP contribution in [-0.4, -0.2) is 5.60 Å². The van der Waals surface area contributed by atoms with Crippen molar-refractivity contribution in [3.63, 3.8) is 0 Å². The second-order valence-electron chi connectivity index (χ2n) is 8.05. The van der Waals surface area contributed by atoms with E-state index in [1.807, 2.05) is 0 Å². The lowest BCUT2D eigenvalue weighted by atomic mass is 9.75. The van der Waals surface area contributed by atoms with Crippen LogP contribution in [0.5, 0.6) is 5.75 Å². The van der Waals surface area contributed by atoms with Gasteiger partial charge in [0.15, 0.2) is 0 Å². The Kier molecular flexibility index (Phi) is 4.17. The van der Waals surface area contributed by atoms with Gasteiger partial charge in [0.25, 0.3) is 0 Å². The number of fused-ring (bicyclic) bond motifs is 1. The lowest BCUT2D eigenvalue weighted by molar-refractivity contribution is 0.0185. The summed E-state index contributed by atoms with van der Waals surface area (Å²) in [7, 11) is 0. The van der Waals surface area contributed by atoms with E-state index in [0.29, 0.717) is 5.41 Å². The predicted molar refractivity (Wildman–Crippen MR) is 91.4 cm³/mol. The first-order valence-electron chi connectivity index (χ1n) is 8.38. The highest BCUT2D eigenvalue weighted by atomic mass is 16.5. The summed E-state index contributed by atoms with van der Waals surface area (Å²) in [6.45, 7) is 18.2. The lowest BCUT2D eigenvalue weighted by Crippen LogP contribution is -2.41. The zero-order valence-electron chi connectivity index (χ0n) is 15.2. The summed E-state index contributed by atoms with van der Waals surface area (Å²) >= 11 is 0. The highest BCUT2D eigenvalue weighted by molar-refractivity contribution is 5.55. The maximum absolute atomic E-state index is 6.60. The zero-order chi connectivity index (χ0) is 16.0. The van der Waals surface area contributed by atoms with Gasteiger partial charge in [-0.3, -0.25) is 0 Å². The molecule has 1 nitrogen and oxygen atoms in total. The van der Waals surface area contributed by atoms with Crippen LogP contribution < -0.4 is 4.74 Å². The Morgan fingerprint density at radius 3 is 2.14 bits per heavy atom. The standard InChI is InChI=1S/C20H32O/c1-9-19(6,7)12-20(8)11-10-17-15(4)13(2)14(3)16(5)18(17)21-20/h9-12H2,1-8H3. The summed E-state index contributed by atoms with van der Waals surface area (Å²) in [5.74, 6) is 1.18. The van der Waals surface area contributed by atoms with Gasteiger partial charge in [-0.05, 0) is 87.1 Å². The second kappa shape index (κ2) is 5.34. The monoisotopic (exact) mass is 288 g/mol. The predicted octanol–water partition coefficient (Wildman–Crippen LogP) is 5.83. The molecule has 0 N–H and O–H groups in total. The summed E-state index contributed by atoms with van der Waals surface area (Å²) < 4.78 is 6.60. The Morgan fingerprint density at radius 1 is 1.00 bits per heavy atom. The molecule has 0 aromatic heterocycles. The van der Waals surface area contributed by atoms with Crippen LogP contribution in [0.25, 0.3) is 0 Å². The van der Waals surface area contributed by atoms with Crippen molar-refractivity contribution < 1.29 is 4.74 Å². The highest BCUT2D eigenvalue weighted by Crippen LogP contribution is 2.44. The van der Waals surface area contributed by atoms with E-state index in [0.717, 1.165) is 19.3 Å². The molecule has 1 unspecified atom stereocenters. The van der Waals surface area contributed by atoms with Gasteiger partial charge >= 0.3 is 0 Å². The molecule has 1 aliphatic rings. The summed E-state index contributed by atoms with van der Waals surface area (Å²) in [6.07, 6.45) is 4.61. The highest BCUT2D eigenvalue weighted by Gasteiger charge is 2.38. The van der Waals surface area contributed by atoms with E-state index in [-0.39, 0.29) is 5.60 Å². The molecule has 2 rings (SSSR count). The number of hydrogen-bond donors (Lipinski definition) is 0. The SMILES string of the molecule is CCC(C)(C)CC1(C)CCc2c(C)c(C)c(C)c(C)c2O1. The van der Waals surface area contributed by atoms with E-state index in [1.165, 1.54) is 40.0 Å². The molecule has 1 aromatic carbocycles. The minimum Gasteiger partial charge on any atom is -0.487 e. The van der Waals surface area contributed by atoms with E-state index in [9.17, 15) is 0 Å². The van der Waals surface area contributed by atoms with E-state index in [2.05, 4.69) is 55.4 Å². The van der Waals surface area contributed by atoms with Gasteiger partial charge in [-0.1, -0.05) is 27.2 Å². The van der Waals surface area contributed by atoms with Gasteiger partial charge in [0.1, 0.15) is 11.4 Å². The quantitative estimate of drug-likeness (QED) is 0.680. The van der Waals surface area contributed by atoms with Crippen LogP contribution in [0, 0.1) is 33.1 Å². The third kappa shape index (κ3) is 2.98. The third-order valence-electron chi connectivity index (χ3n) is 5.82. The van der Waals surface area contributed by atoms with E-state index in [1.54, 1.807) is 0 Å². The van der Waals surface area contributed by atoms with E-state index < -0.39 is 0 Å². The Balaban J connectivity index is 2.41. The average molecular weight is 288 g/mol. The first-order chi connectivity index (χ1) is 9.60. The summed E-state index contributed by atoms with van der Waals surface area (Å²) in [4.78, 5) is 0. The molecule has 1 atom stereocenters. The maximum atomic E-state index is 6.60. The largest absolute Gasteiger partial charge is 0.487 e. The van der Waals surface area contributed by atoms with Crippen LogP contribution >= 0.6 is 0 Å². The van der Waals surface area contributed by atoms with Crippen LogP contribution in [0.15, 0.2) is 0 Å². The van der Waals surface area contributed by atoms with Crippen LogP contribution in [0.1, 0.15) is 74.8 Å². The second-order valence-corrected chi connectivity index (χ2v) is 8.05. The summed E-state index contributed by atoms with van der Waals surface area (Å²) in [6, 6.07) is 0. The van der Waals surface area contributed by atoms with Crippen LogP contribution in [0.2, 0.25) is 0 Å². The molecule has 21 heavy (non-hydrogen) atoms. The number of benzene rings is 1.